The summed E-state index contributed by atoms with van der Waals surface area (Å²) < 4.78 is 6.76. The van der Waals surface area contributed by atoms with E-state index < -0.39 is 0 Å². The molecule has 3 atom stereocenters. The van der Waals surface area contributed by atoms with Crippen LogP contribution >= 0.6 is 15.9 Å². The Hall–Kier alpha value is -0.540. The van der Waals surface area contributed by atoms with E-state index in [-0.39, 0.29) is 0 Å². The van der Waals surface area contributed by atoms with Crippen LogP contribution in [0.5, 0.6) is 5.75 Å². The molecule has 1 aliphatic carbocycles. The number of rotatable bonds is 4. The fourth-order valence-corrected chi connectivity index (χ4v) is 3.72. The van der Waals surface area contributed by atoms with Crippen LogP contribution in [0.3, 0.4) is 0 Å². The maximum Gasteiger partial charge on any atom is 0.123 e. The first-order chi connectivity index (χ1) is 9.08. The van der Waals surface area contributed by atoms with Gasteiger partial charge >= 0.3 is 0 Å². The van der Waals surface area contributed by atoms with E-state index in [9.17, 15) is 0 Å². The van der Waals surface area contributed by atoms with Crippen LogP contribution in [0.2, 0.25) is 0 Å². The summed E-state index contributed by atoms with van der Waals surface area (Å²) in [5.41, 5.74) is 2.50. The Bertz CT molecular complexity index is 447. The Kier molecular flexibility index (Phi) is 4.91. The zero-order chi connectivity index (χ0) is 14.0. The van der Waals surface area contributed by atoms with Crippen LogP contribution in [-0.4, -0.2) is 14.2 Å². The van der Waals surface area contributed by atoms with Crippen molar-refractivity contribution >= 4 is 15.9 Å². The van der Waals surface area contributed by atoms with Crippen molar-refractivity contribution in [2.45, 2.75) is 39.2 Å². The molecule has 1 aromatic rings. The Morgan fingerprint density at radius 1 is 1.37 bits per heavy atom. The van der Waals surface area contributed by atoms with Crippen LogP contribution in [-0.2, 0) is 0 Å². The summed E-state index contributed by atoms with van der Waals surface area (Å²) in [5, 5.41) is 3.51. The molecule has 0 radical (unpaired) electrons. The lowest BCUT2D eigenvalue weighted by Crippen LogP contribution is -2.27. The number of methoxy groups -OCH3 is 1. The minimum absolute atomic E-state index is 0.379. The smallest absolute Gasteiger partial charge is 0.123 e. The van der Waals surface area contributed by atoms with Crippen LogP contribution in [0.15, 0.2) is 16.6 Å². The summed E-state index contributed by atoms with van der Waals surface area (Å²) in [4.78, 5) is 0. The van der Waals surface area contributed by atoms with E-state index in [0.717, 1.165) is 16.1 Å². The van der Waals surface area contributed by atoms with Gasteiger partial charge in [0.05, 0.1) is 7.11 Å². The predicted octanol–water partition coefficient (Wildman–Crippen LogP) is 4.46. The van der Waals surface area contributed by atoms with E-state index in [2.05, 4.69) is 54.3 Å². The standard InChI is InChI=1S/C16H24BrNO/c1-10-6-5-7-12(10)16(18-3)13-9-14(17)11(2)8-15(13)19-4/h8-10,12,16,18H,5-7H2,1-4H3. The second-order valence-electron chi connectivity index (χ2n) is 5.68. The van der Waals surface area contributed by atoms with Crippen LogP contribution in [0, 0.1) is 18.8 Å². The maximum atomic E-state index is 5.60. The van der Waals surface area contributed by atoms with Gasteiger partial charge < -0.3 is 10.1 Å². The molecule has 0 bridgehead atoms. The van der Waals surface area contributed by atoms with Crippen LogP contribution in [0.25, 0.3) is 0 Å². The number of halogens is 1. The summed E-state index contributed by atoms with van der Waals surface area (Å²) in [6.45, 7) is 4.47. The molecule has 3 unspecified atom stereocenters. The average Bonchev–Trinajstić information content (AvgIpc) is 2.81. The van der Waals surface area contributed by atoms with E-state index in [1.807, 2.05) is 0 Å². The number of benzene rings is 1. The van der Waals surface area contributed by atoms with Gasteiger partial charge in [-0.3, -0.25) is 0 Å². The average molecular weight is 326 g/mol. The molecule has 0 heterocycles. The molecule has 106 valence electrons. The quantitative estimate of drug-likeness (QED) is 0.882. The topological polar surface area (TPSA) is 21.3 Å². The van der Waals surface area contributed by atoms with E-state index >= 15 is 0 Å². The second-order valence-corrected chi connectivity index (χ2v) is 6.54. The zero-order valence-corrected chi connectivity index (χ0v) is 13.9. The fourth-order valence-electron chi connectivity index (χ4n) is 3.36. The molecule has 2 nitrogen and oxygen atoms in total. The molecule has 0 aliphatic heterocycles. The lowest BCUT2D eigenvalue weighted by atomic mass is 9.85. The molecular formula is C16H24BrNO. The molecule has 19 heavy (non-hydrogen) atoms. The molecule has 1 aromatic carbocycles. The number of ether oxygens (including phenoxy) is 1. The molecule has 1 saturated carbocycles. The van der Waals surface area contributed by atoms with E-state index in [1.54, 1.807) is 7.11 Å². The highest BCUT2D eigenvalue weighted by Crippen LogP contribution is 2.43. The molecule has 1 fully saturated rings. The Labute approximate surface area is 125 Å². The molecule has 1 aliphatic rings. The number of hydrogen-bond donors (Lipinski definition) is 1. The first-order valence-electron chi connectivity index (χ1n) is 7.09. The van der Waals surface area contributed by atoms with Gasteiger partial charge in [0.15, 0.2) is 0 Å². The Balaban J connectivity index is 2.39. The van der Waals surface area contributed by atoms with Gasteiger partial charge in [-0.25, -0.2) is 0 Å². The highest BCUT2D eigenvalue weighted by molar-refractivity contribution is 9.10. The van der Waals surface area contributed by atoms with Gasteiger partial charge in [-0.2, -0.15) is 0 Å². The van der Waals surface area contributed by atoms with Gasteiger partial charge in [0.25, 0.3) is 0 Å². The minimum Gasteiger partial charge on any atom is -0.496 e. The largest absolute Gasteiger partial charge is 0.496 e. The molecule has 0 spiro atoms. The third kappa shape index (κ3) is 2.97. The van der Waals surface area contributed by atoms with Gasteiger partial charge in [-0.15, -0.1) is 0 Å². The molecular weight excluding hydrogens is 302 g/mol. The molecule has 2 rings (SSSR count). The lowest BCUT2D eigenvalue weighted by Gasteiger charge is -2.28. The summed E-state index contributed by atoms with van der Waals surface area (Å²) in [7, 11) is 3.82. The normalized spacial score (nSPS) is 24.5. The lowest BCUT2D eigenvalue weighted by molar-refractivity contribution is 0.304. The highest BCUT2D eigenvalue weighted by Gasteiger charge is 2.32. The highest BCUT2D eigenvalue weighted by atomic mass is 79.9. The fraction of sp³-hybridized carbons (Fsp3) is 0.625. The van der Waals surface area contributed by atoms with Gasteiger partial charge in [-0.05, 0) is 49.9 Å². The van der Waals surface area contributed by atoms with Crippen molar-refractivity contribution in [3.8, 4) is 5.75 Å². The van der Waals surface area contributed by atoms with E-state index in [1.165, 1.54) is 30.4 Å². The molecule has 0 amide bonds. The summed E-state index contributed by atoms with van der Waals surface area (Å²) >= 11 is 3.65. The third-order valence-corrected chi connectivity index (χ3v) is 5.37. The van der Waals surface area contributed by atoms with Crippen molar-refractivity contribution in [3.05, 3.63) is 27.7 Å². The summed E-state index contributed by atoms with van der Waals surface area (Å²) in [6.07, 6.45) is 4.00. The van der Waals surface area contributed by atoms with Crippen LogP contribution in [0.4, 0.5) is 0 Å². The zero-order valence-electron chi connectivity index (χ0n) is 12.3. The van der Waals surface area contributed by atoms with Gasteiger partial charge in [-0.1, -0.05) is 35.7 Å². The third-order valence-electron chi connectivity index (χ3n) is 4.51. The first kappa shape index (κ1) is 14.9. The first-order valence-corrected chi connectivity index (χ1v) is 7.89. The summed E-state index contributed by atoms with van der Waals surface area (Å²) in [6, 6.07) is 4.73. The molecule has 0 aromatic heterocycles. The van der Waals surface area contributed by atoms with Crippen molar-refractivity contribution in [2.24, 2.45) is 11.8 Å². The van der Waals surface area contributed by atoms with E-state index in [4.69, 9.17) is 4.74 Å². The minimum atomic E-state index is 0.379. The Morgan fingerprint density at radius 3 is 2.63 bits per heavy atom. The second kappa shape index (κ2) is 6.27. The van der Waals surface area contributed by atoms with Gasteiger partial charge in [0.1, 0.15) is 5.75 Å². The number of aryl methyl sites for hydroxylation is 1. The van der Waals surface area contributed by atoms with Crippen molar-refractivity contribution in [2.75, 3.05) is 14.2 Å². The van der Waals surface area contributed by atoms with Crippen LogP contribution in [0.1, 0.15) is 43.4 Å². The van der Waals surface area contributed by atoms with Gasteiger partial charge in [0.2, 0.25) is 0 Å². The summed E-state index contributed by atoms with van der Waals surface area (Å²) in [5.74, 6) is 2.48. The van der Waals surface area contributed by atoms with Crippen molar-refractivity contribution in [1.82, 2.24) is 5.32 Å². The van der Waals surface area contributed by atoms with Crippen molar-refractivity contribution < 1.29 is 4.74 Å². The molecule has 3 heteroatoms. The van der Waals surface area contributed by atoms with Crippen molar-refractivity contribution in [3.63, 3.8) is 0 Å². The monoisotopic (exact) mass is 325 g/mol. The number of hydrogen-bond acceptors (Lipinski definition) is 2. The predicted molar refractivity (Wildman–Crippen MR) is 83.7 cm³/mol. The number of nitrogens with one attached hydrogen (secondary N) is 1. The SMILES string of the molecule is CNC(c1cc(Br)c(C)cc1OC)C1CCCC1C. The van der Waals surface area contributed by atoms with Gasteiger partial charge in [0, 0.05) is 16.1 Å². The molecule has 0 saturated heterocycles. The Morgan fingerprint density at radius 2 is 2.11 bits per heavy atom. The van der Waals surface area contributed by atoms with Crippen LogP contribution < -0.4 is 10.1 Å². The van der Waals surface area contributed by atoms with E-state index in [0.29, 0.717) is 12.0 Å². The molecule has 1 N–H and O–H groups in total. The van der Waals surface area contributed by atoms with Crippen molar-refractivity contribution in [1.29, 1.82) is 0 Å². The maximum absolute atomic E-state index is 5.60.